The van der Waals surface area contributed by atoms with Crippen LogP contribution in [0.15, 0.2) is 48.5 Å². The molecule has 0 unspecified atom stereocenters. The molecule has 0 aromatic heterocycles. The lowest BCUT2D eigenvalue weighted by Crippen LogP contribution is -1.99. The number of aromatic hydroxyl groups is 1. The molecule has 22 heavy (non-hydrogen) atoms. The Kier molecular flexibility index (Phi) is 5.20. The number of phenolic OH excluding ortho intramolecular Hbond substituents is 1. The number of carbonyl (C=O) groups is 1. The lowest BCUT2D eigenvalue weighted by Gasteiger charge is -2.06. The zero-order chi connectivity index (χ0) is 15.9. The third-order valence-corrected chi connectivity index (χ3v) is 3.05. The highest BCUT2D eigenvalue weighted by Gasteiger charge is 2.11. The highest BCUT2D eigenvalue weighted by atomic mass is 16.5. The Bertz CT molecular complexity index is 672. The molecule has 0 heterocycles. The van der Waals surface area contributed by atoms with Gasteiger partial charge in [0, 0.05) is 0 Å². The molecule has 0 saturated carbocycles. The normalized spacial score (nSPS) is 11.2. The maximum Gasteiger partial charge on any atom is 0.336 e. The van der Waals surface area contributed by atoms with Crippen molar-refractivity contribution in [3.63, 3.8) is 0 Å². The molecule has 4 heteroatoms. The summed E-state index contributed by atoms with van der Waals surface area (Å²) in [5.41, 5.74) is 1.33. The molecular formula is C18H18O4. The van der Waals surface area contributed by atoms with E-state index in [4.69, 9.17) is 4.74 Å². The molecule has 0 bridgehead atoms. The fourth-order valence-electron chi connectivity index (χ4n) is 1.99. The summed E-state index contributed by atoms with van der Waals surface area (Å²) < 4.78 is 5.49. The summed E-state index contributed by atoms with van der Waals surface area (Å²) in [5.74, 6) is -0.252. The SMILES string of the molecule is CCCOc1ccc(/C=C(\C(=O)O)c2cccc(O)c2)cc1. The second-order valence-corrected chi connectivity index (χ2v) is 4.83. The number of hydrogen-bond acceptors (Lipinski definition) is 3. The van der Waals surface area contributed by atoms with Crippen LogP contribution in [0.1, 0.15) is 24.5 Å². The molecule has 0 aliphatic rings. The van der Waals surface area contributed by atoms with Gasteiger partial charge in [0.05, 0.1) is 12.2 Å². The van der Waals surface area contributed by atoms with Crippen LogP contribution in [0, 0.1) is 0 Å². The van der Waals surface area contributed by atoms with E-state index in [2.05, 4.69) is 0 Å². The molecule has 0 aliphatic carbocycles. The van der Waals surface area contributed by atoms with Gasteiger partial charge in [-0.3, -0.25) is 0 Å². The van der Waals surface area contributed by atoms with E-state index in [-0.39, 0.29) is 11.3 Å². The van der Waals surface area contributed by atoms with E-state index in [1.54, 1.807) is 30.3 Å². The number of carboxylic acids is 1. The van der Waals surface area contributed by atoms with E-state index in [0.29, 0.717) is 12.2 Å². The third kappa shape index (κ3) is 4.12. The second-order valence-electron chi connectivity index (χ2n) is 4.83. The summed E-state index contributed by atoms with van der Waals surface area (Å²) >= 11 is 0. The van der Waals surface area contributed by atoms with Crippen LogP contribution in [0.3, 0.4) is 0 Å². The van der Waals surface area contributed by atoms with Crippen molar-refractivity contribution in [2.45, 2.75) is 13.3 Å². The molecule has 0 atom stereocenters. The van der Waals surface area contributed by atoms with Gasteiger partial charge in [0.25, 0.3) is 0 Å². The van der Waals surface area contributed by atoms with Crippen molar-refractivity contribution >= 4 is 17.6 Å². The number of ether oxygens (including phenoxy) is 1. The quantitative estimate of drug-likeness (QED) is 0.628. The van der Waals surface area contributed by atoms with E-state index in [1.807, 2.05) is 19.1 Å². The zero-order valence-corrected chi connectivity index (χ0v) is 12.3. The van der Waals surface area contributed by atoms with Gasteiger partial charge in [-0.1, -0.05) is 31.2 Å². The first kappa shape index (κ1) is 15.6. The van der Waals surface area contributed by atoms with Gasteiger partial charge in [-0.25, -0.2) is 4.79 Å². The highest BCUT2D eigenvalue weighted by molar-refractivity contribution is 6.20. The van der Waals surface area contributed by atoms with Crippen LogP contribution in [-0.4, -0.2) is 22.8 Å². The average molecular weight is 298 g/mol. The second kappa shape index (κ2) is 7.31. The molecule has 4 nitrogen and oxygen atoms in total. The minimum Gasteiger partial charge on any atom is -0.508 e. The number of rotatable bonds is 6. The van der Waals surface area contributed by atoms with Crippen molar-refractivity contribution < 1.29 is 19.7 Å². The molecule has 0 radical (unpaired) electrons. The topological polar surface area (TPSA) is 66.8 Å². The van der Waals surface area contributed by atoms with Gasteiger partial charge in [-0.05, 0) is 47.9 Å². The Hall–Kier alpha value is -2.75. The van der Waals surface area contributed by atoms with Crippen LogP contribution in [0.25, 0.3) is 11.6 Å². The van der Waals surface area contributed by atoms with E-state index < -0.39 is 5.97 Å². The van der Waals surface area contributed by atoms with Gasteiger partial charge < -0.3 is 14.9 Å². The number of carboxylic acid groups (broad SMARTS) is 1. The minimum atomic E-state index is -1.04. The van der Waals surface area contributed by atoms with E-state index in [0.717, 1.165) is 17.7 Å². The molecule has 0 saturated heterocycles. The molecule has 114 valence electrons. The lowest BCUT2D eigenvalue weighted by molar-refractivity contribution is -0.130. The van der Waals surface area contributed by atoms with E-state index >= 15 is 0 Å². The third-order valence-electron chi connectivity index (χ3n) is 3.05. The predicted octanol–water partition coefficient (Wildman–Crippen LogP) is 3.81. The molecule has 0 amide bonds. The average Bonchev–Trinajstić information content (AvgIpc) is 2.51. The van der Waals surface area contributed by atoms with Gasteiger partial charge in [0.2, 0.25) is 0 Å². The first-order valence-electron chi connectivity index (χ1n) is 7.07. The number of benzene rings is 2. The summed E-state index contributed by atoms with van der Waals surface area (Å²) in [6.07, 6.45) is 2.50. The summed E-state index contributed by atoms with van der Waals surface area (Å²) in [7, 11) is 0. The van der Waals surface area contributed by atoms with Gasteiger partial charge >= 0.3 is 5.97 Å². The van der Waals surface area contributed by atoms with Crippen LogP contribution in [0.2, 0.25) is 0 Å². The Balaban J connectivity index is 2.28. The maximum absolute atomic E-state index is 11.4. The number of hydrogen-bond donors (Lipinski definition) is 2. The molecule has 0 fully saturated rings. The van der Waals surface area contributed by atoms with Crippen molar-refractivity contribution in [1.29, 1.82) is 0 Å². The Morgan fingerprint density at radius 2 is 1.91 bits per heavy atom. The molecule has 2 aromatic carbocycles. The van der Waals surface area contributed by atoms with Gasteiger partial charge in [-0.2, -0.15) is 0 Å². The summed E-state index contributed by atoms with van der Waals surface area (Å²) in [4.78, 5) is 11.4. The standard InChI is InChI=1S/C18H18O4/c1-2-10-22-16-8-6-13(7-9-16)11-17(18(20)21)14-4-3-5-15(19)12-14/h3-9,11-12,19H,2,10H2,1H3,(H,20,21)/b17-11-. The molecule has 2 N–H and O–H groups in total. The number of phenols is 1. The fourth-order valence-corrected chi connectivity index (χ4v) is 1.99. The van der Waals surface area contributed by atoms with E-state index in [1.165, 1.54) is 12.1 Å². The fraction of sp³-hybridized carbons (Fsp3) is 0.167. The summed E-state index contributed by atoms with van der Waals surface area (Å²) in [6.45, 7) is 2.68. The van der Waals surface area contributed by atoms with Crippen molar-refractivity contribution in [1.82, 2.24) is 0 Å². The van der Waals surface area contributed by atoms with Crippen molar-refractivity contribution in [3.8, 4) is 11.5 Å². The zero-order valence-electron chi connectivity index (χ0n) is 12.3. The highest BCUT2D eigenvalue weighted by Crippen LogP contribution is 2.23. The smallest absolute Gasteiger partial charge is 0.336 e. The van der Waals surface area contributed by atoms with Crippen LogP contribution < -0.4 is 4.74 Å². The minimum absolute atomic E-state index is 0.0352. The van der Waals surface area contributed by atoms with Crippen LogP contribution in [0.5, 0.6) is 11.5 Å². The molecule has 0 spiro atoms. The maximum atomic E-state index is 11.4. The van der Waals surface area contributed by atoms with Crippen LogP contribution in [-0.2, 0) is 4.79 Å². The van der Waals surface area contributed by atoms with Crippen molar-refractivity contribution in [2.24, 2.45) is 0 Å². The van der Waals surface area contributed by atoms with Crippen molar-refractivity contribution in [2.75, 3.05) is 6.61 Å². The van der Waals surface area contributed by atoms with Gasteiger partial charge in [0.1, 0.15) is 11.5 Å². The summed E-state index contributed by atoms with van der Waals surface area (Å²) in [5, 5.41) is 18.9. The van der Waals surface area contributed by atoms with Gasteiger partial charge in [0.15, 0.2) is 0 Å². The Labute approximate surface area is 129 Å². The van der Waals surface area contributed by atoms with Crippen LogP contribution in [0.4, 0.5) is 0 Å². The monoisotopic (exact) mass is 298 g/mol. The largest absolute Gasteiger partial charge is 0.508 e. The van der Waals surface area contributed by atoms with E-state index in [9.17, 15) is 15.0 Å². The molecule has 0 aliphatic heterocycles. The first-order valence-corrected chi connectivity index (χ1v) is 7.07. The molecular weight excluding hydrogens is 280 g/mol. The first-order chi connectivity index (χ1) is 10.6. The van der Waals surface area contributed by atoms with Crippen molar-refractivity contribution in [3.05, 3.63) is 59.7 Å². The number of aliphatic carboxylic acids is 1. The Morgan fingerprint density at radius 3 is 2.50 bits per heavy atom. The molecule has 2 aromatic rings. The Morgan fingerprint density at radius 1 is 1.18 bits per heavy atom. The molecule has 2 rings (SSSR count). The lowest BCUT2D eigenvalue weighted by atomic mass is 10.0. The van der Waals surface area contributed by atoms with Gasteiger partial charge in [-0.15, -0.1) is 0 Å². The van der Waals surface area contributed by atoms with Crippen LogP contribution >= 0.6 is 0 Å². The summed E-state index contributed by atoms with van der Waals surface area (Å²) in [6, 6.07) is 13.4. The predicted molar refractivity (Wildman–Crippen MR) is 85.8 cm³/mol.